The van der Waals surface area contributed by atoms with Crippen LogP contribution in [-0.2, 0) is 4.79 Å². The highest BCUT2D eigenvalue weighted by atomic mass is 35.5. The number of halogens is 1. The summed E-state index contributed by atoms with van der Waals surface area (Å²) in [6.45, 7) is 2.79. The summed E-state index contributed by atoms with van der Waals surface area (Å²) in [5.41, 5.74) is -0.527. The minimum absolute atomic E-state index is 0.0460. The van der Waals surface area contributed by atoms with E-state index in [0.29, 0.717) is 19.5 Å². The molecule has 2 amide bonds. The summed E-state index contributed by atoms with van der Waals surface area (Å²) in [5, 5.41) is 2.82. The zero-order chi connectivity index (χ0) is 13.3. The molecule has 1 unspecified atom stereocenters. The van der Waals surface area contributed by atoms with Gasteiger partial charge in [0.25, 0.3) is 5.91 Å². The van der Waals surface area contributed by atoms with Gasteiger partial charge in [0.1, 0.15) is 0 Å². The number of likely N-dealkylation sites (tertiary alicyclic amines) is 1. The van der Waals surface area contributed by atoms with Crippen LogP contribution < -0.4 is 5.32 Å². The number of hydrogen-bond donors (Lipinski definition) is 1. The molecule has 1 fully saturated rings. The van der Waals surface area contributed by atoms with Crippen molar-refractivity contribution in [3.63, 3.8) is 0 Å². The van der Waals surface area contributed by atoms with E-state index in [1.165, 1.54) is 6.07 Å². The summed E-state index contributed by atoms with van der Waals surface area (Å²) >= 11 is 5.64. The molecule has 98 valence electrons. The normalized spacial score (nSPS) is 23.2. The second-order valence-electron chi connectivity index (χ2n) is 4.72. The van der Waals surface area contributed by atoms with Gasteiger partial charge in [-0.05, 0) is 37.1 Å². The zero-order valence-electron chi connectivity index (χ0n) is 10.3. The number of rotatable bonds is 2. The van der Waals surface area contributed by atoms with E-state index in [-0.39, 0.29) is 22.8 Å². The standard InChI is InChI=1S/C12H15ClN2O3/c1-12(11(17)14-2)5-6-15(7-12)10(16)8-3-4-9(13)18-8/h3-4H,5-7H2,1-2H3,(H,14,17). The van der Waals surface area contributed by atoms with E-state index in [1.54, 1.807) is 18.0 Å². The van der Waals surface area contributed by atoms with Crippen molar-refractivity contribution in [2.24, 2.45) is 5.41 Å². The smallest absolute Gasteiger partial charge is 0.289 e. The van der Waals surface area contributed by atoms with Crippen molar-refractivity contribution in [3.05, 3.63) is 23.1 Å². The molecule has 0 spiro atoms. The Kier molecular flexibility index (Phi) is 3.34. The molecule has 0 bridgehead atoms. The molecule has 0 aromatic carbocycles. The first-order valence-electron chi connectivity index (χ1n) is 5.73. The van der Waals surface area contributed by atoms with Crippen molar-refractivity contribution >= 4 is 23.4 Å². The van der Waals surface area contributed by atoms with Crippen LogP contribution in [0.1, 0.15) is 23.9 Å². The molecule has 6 heteroatoms. The molecule has 5 nitrogen and oxygen atoms in total. The molecule has 1 aliphatic rings. The summed E-state index contributed by atoms with van der Waals surface area (Å²) in [6.07, 6.45) is 0.646. The maximum absolute atomic E-state index is 12.1. The lowest BCUT2D eigenvalue weighted by atomic mass is 9.89. The highest BCUT2D eigenvalue weighted by Crippen LogP contribution is 2.31. The van der Waals surface area contributed by atoms with Gasteiger partial charge >= 0.3 is 0 Å². The van der Waals surface area contributed by atoms with E-state index in [4.69, 9.17) is 16.0 Å². The summed E-state index contributed by atoms with van der Waals surface area (Å²) in [5.74, 6) is -0.0639. The van der Waals surface area contributed by atoms with Crippen LogP contribution in [0.25, 0.3) is 0 Å². The van der Waals surface area contributed by atoms with Crippen molar-refractivity contribution in [1.29, 1.82) is 0 Å². The molecule has 1 atom stereocenters. The minimum Gasteiger partial charge on any atom is -0.440 e. The van der Waals surface area contributed by atoms with Gasteiger partial charge in [-0.25, -0.2) is 0 Å². The maximum atomic E-state index is 12.1. The Morgan fingerprint density at radius 3 is 2.78 bits per heavy atom. The van der Waals surface area contributed by atoms with Gasteiger partial charge < -0.3 is 14.6 Å². The van der Waals surface area contributed by atoms with E-state index in [9.17, 15) is 9.59 Å². The topological polar surface area (TPSA) is 62.6 Å². The predicted octanol–water partition coefficient (Wildman–Crippen LogP) is 1.53. The molecule has 1 aromatic heterocycles. The third-order valence-electron chi connectivity index (χ3n) is 3.32. The molecule has 0 saturated carbocycles. The molecule has 0 aliphatic carbocycles. The Bertz CT molecular complexity index is 485. The third-order valence-corrected chi connectivity index (χ3v) is 3.52. The highest BCUT2D eigenvalue weighted by Gasteiger charge is 2.42. The summed E-state index contributed by atoms with van der Waals surface area (Å²) in [6, 6.07) is 3.07. The molecule has 1 saturated heterocycles. The molecule has 1 aliphatic heterocycles. The van der Waals surface area contributed by atoms with Crippen LogP contribution in [-0.4, -0.2) is 36.9 Å². The Labute approximate surface area is 110 Å². The number of carbonyl (C=O) groups excluding carboxylic acids is 2. The number of hydrogen-bond acceptors (Lipinski definition) is 3. The zero-order valence-corrected chi connectivity index (χ0v) is 11.1. The molecular formula is C12H15ClN2O3. The van der Waals surface area contributed by atoms with Gasteiger partial charge in [0, 0.05) is 20.1 Å². The number of nitrogens with one attached hydrogen (secondary N) is 1. The van der Waals surface area contributed by atoms with Crippen LogP contribution in [0.4, 0.5) is 0 Å². The highest BCUT2D eigenvalue weighted by molar-refractivity contribution is 6.29. The van der Waals surface area contributed by atoms with Gasteiger partial charge in [0.05, 0.1) is 5.41 Å². The molecular weight excluding hydrogens is 256 g/mol. The molecule has 18 heavy (non-hydrogen) atoms. The lowest BCUT2D eigenvalue weighted by molar-refractivity contribution is -0.128. The average molecular weight is 271 g/mol. The van der Waals surface area contributed by atoms with Crippen LogP contribution in [0.2, 0.25) is 5.22 Å². The quantitative estimate of drug-likeness (QED) is 0.886. The lowest BCUT2D eigenvalue weighted by Gasteiger charge is -2.22. The largest absolute Gasteiger partial charge is 0.440 e. The van der Waals surface area contributed by atoms with E-state index in [1.807, 2.05) is 6.92 Å². The molecule has 1 aromatic rings. The van der Waals surface area contributed by atoms with Gasteiger partial charge in [-0.1, -0.05) is 0 Å². The van der Waals surface area contributed by atoms with Gasteiger partial charge in [0.2, 0.25) is 5.91 Å². The van der Waals surface area contributed by atoms with Crippen molar-refractivity contribution in [3.8, 4) is 0 Å². The van der Waals surface area contributed by atoms with Crippen molar-refractivity contribution < 1.29 is 14.0 Å². The van der Waals surface area contributed by atoms with Crippen molar-refractivity contribution in [1.82, 2.24) is 10.2 Å². The summed E-state index contributed by atoms with van der Waals surface area (Å²) in [4.78, 5) is 25.5. The maximum Gasteiger partial charge on any atom is 0.289 e. The molecule has 2 heterocycles. The Morgan fingerprint density at radius 2 is 2.22 bits per heavy atom. The van der Waals surface area contributed by atoms with Crippen LogP contribution in [0.15, 0.2) is 16.5 Å². The van der Waals surface area contributed by atoms with E-state index in [0.717, 1.165) is 0 Å². The Balaban J connectivity index is 2.09. The number of furan rings is 1. The predicted molar refractivity (Wildman–Crippen MR) is 66.4 cm³/mol. The Hall–Kier alpha value is -1.49. The van der Waals surface area contributed by atoms with E-state index < -0.39 is 5.41 Å². The van der Waals surface area contributed by atoms with Crippen molar-refractivity contribution in [2.75, 3.05) is 20.1 Å². The van der Waals surface area contributed by atoms with Crippen LogP contribution in [0, 0.1) is 5.41 Å². The summed E-state index contributed by atoms with van der Waals surface area (Å²) < 4.78 is 5.09. The van der Waals surface area contributed by atoms with Gasteiger partial charge in [-0.3, -0.25) is 9.59 Å². The van der Waals surface area contributed by atoms with E-state index >= 15 is 0 Å². The molecule has 0 radical (unpaired) electrons. The SMILES string of the molecule is CNC(=O)C1(C)CCN(C(=O)c2ccc(Cl)o2)C1. The Morgan fingerprint density at radius 1 is 1.50 bits per heavy atom. The number of carbonyl (C=O) groups is 2. The second kappa shape index (κ2) is 4.65. The first-order valence-corrected chi connectivity index (χ1v) is 6.11. The number of amides is 2. The monoisotopic (exact) mass is 270 g/mol. The van der Waals surface area contributed by atoms with Crippen molar-refractivity contribution in [2.45, 2.75) is 13.3 Å². The van der Waals surface area contributed by atoms with Gasteiger partial charge in [-0.2, -0.15) is 0 Å². The number of nitrogens with zero attached hydrogens (tertiary/aromatic N) is 1. The lowest BCUT2D eigenvalue weighted by Crippen LogP contribution is -2.40. The fourth-order valence-corrected chi connectivity index (χ4v) is 2.35. The first kappa shape index (κ1) is 13.0. The van der Waals surface area contributed by atoms with Crippen LogP contribution in [0.5, 0.6) is 0 Å². The third kappa shape index (κ3) is 2.22. The first-order chi connectivity index (χ1) is 8.46. The fraction of sp³-hybridized carbons (Fsp3) is 0.500. The van der Waals surface area contributed by atoms with Gasteiger partial charge in [-0.15, -0.1) is 0 Å². The second-order valence-corrected chi connectivity index (χ2v) is 5.09. The van der Waals surface area contributed by atoms with Crippen LogP contribution in [0.3, 0.4) is 0 Å². The fourth-order valence-electron chi connectivity index (χ4n) is 2.21. The van der Waals surface area contributed by atoms with Gasteiger partial charge in [0.15, 0.2) is 11.0 Å². The average Bonchev–Trinajstić information content (AvgIpc) is 2.95. The molecule has 1 N–H and O–H groups in total. The minimum atomic E-state index is -0.527. The van der Waals surface area contributed by atoms with E-state index in [2.05, 4.69) is 5.32 Å². The summed E-state index contributed by atoms with van der Waals surface area (Å²) in [7, 11) is 1.60. The molecule has 2 rings (SSSR count). The van der Waals surface area contributed by atoms with Crippen LogP contribution >= 0.6 is 11.6 Å².